The fraction of sp³-hybridized carbons (Fsp3) is 0.600. The van der Waals surface area contributed by atoms with Crippen LogP contribution < -0.4 is 0 Å². The molecular formula is C10H17N3O2. The number of H-pyrrole nitrogens is 1. The summed E-state index contributed by atoms with van der Waals surface area (Å²) in [6, 6.07) is 0. The summed E-state index contributed by atoms with van der Waals surface area (Å²) in [5.41, 5.74) is -0.464. The Bertz CT molecular complexity index is 314. The highest BCUT2D eigenvalue weighted by molar-refractivity contribution is 5.67. The number of nitrogens with one attached hydrogen (secondary N) is 1. The highest BCUT2D eigenvalue weighted by Gasteiger charge is 2.19. The molecule has 1 heterocycles. The molecule has 1 aromatic rings. The molecule has 0 aromatic carbocycles. The van der Waals surface area contributed by atoms with Crippen LogP contribution in [0.3, 0.4) is 0 Å². The molecule has 0 aliphatic rings. The molecule has 1 N–H and O–H groups in total. The summed E-state index contributed by atoms with van der Waals surface area (Å²) >= 11 is 0. The number of nitrogens with zero attached hydrogens (tertiary/aromatic N) is 2. The minimum atomic E-state index is -0.464. The molecule has 0 aliphatic carbocycles. The number of carbonyl (C=O) groups is 1. The second kappa shape index (κ2) is 4.33. The van der Waals surface area contributed by atoms with E-state index in [1.165, 1.54) is 4.90 Å². The van der Waals surface area contributed by atoms with Gasteiger partial charge in [0.05, 0.1) is 6.54 Å². The monoisotopic (exact) mass is 211 g/mol. The van der Waals surface area contributed by atoms with E-state index in [0.717, 1.165) is 5.82 Å². The van der Waals surface area contributed by atoms with Crippen LogP contribution in [0.25, 0.3) is 0 Å². The number of ether oxygens (including phenoxy) is 1. The van der Waals surface area contributed by atoms with Crippen molar-refractivity contribution in [3.8, 4) is 0 Å². The number of aromatic amines is 1. The number of aromatic nitrogens is 2. The second-order valence-electron chi connectivity index (χ2n) is 4.37. The first kappa shape index (κ1) is 11.6. The maximum Gasteiger partial charge on any atom is 0.410 e. The lowest BCUT2D eigenvalue weighted by molar-refractivity contribution is 0.0281. The van der Waals surface area contributed by atoms with Crippen LogP contribution in [0.4, 0.5) is 4.79 Å². The number of carbonyl (C=O) groups excluding carboxylic acids is 1. The Morgan fingerprint density at radius 3 is 2.73 bits per heavy atom. The van der Waals surface area contributed by atoms with Gasteiger partial charge in [-0.3, -0.25) is 0 Å². The molecule has 0 spiro atoms. The van der Waals surface area contributed by atoms with E-state index in [2.05, 4.69) is 9.97 Å². The van der Waals surface area contributed by atoms with Crippen LogP contribution in [0.15, 0.2) is 12.4 Å². The topological polar surface area (TPSA) is 58.2 Å². The molecule has 1 amide bonds. The van der Waals surface area contributed by atoms with Gasteiger partial charge in [-0.15, -0.1) is 0 Å². The third kappa shape index (κ3) is 4.01. The number of hydrogen-bond donors (Lipinski definition) is 1. The Kier molecular flexibility index (Phi) is 3.34. The molecule has 0 bridgehead atoms. The summed E-state index contributed by atoms with van der Waals surface area (Å²) in [6.07, 6.45) is 3.02. The van der Waals surface area contributed by atoms with Crippen LogP contribution in [0, 0.1) is 0 Å². The summed E-state index contributed by atoms with van der Waals surface area (Å²) in [5, 5.41) is 0. The highest BCUT2D eigenvalue weighted by atomic mass is 16.6. The first-order valence-electron chi connectivity index (χ1n) is 4.81. The van der Waals surface area contributed by atoms with Gasteiger partial charge >= 0.3 is 6.09 Å². The van der Waals surface area contributed by atoms with Crippen LogP contribution in [0.5, 0.6) is 0 Å². The Labute approximate surface area is 89.4 Å². The summed E-state index contributed by atoms with van der Waals surface area (Å²) in [4.78, 5) is 20.0. The fourth-order valence-electron chi connectivity index (χ4n) is 1.01. The van der Waals surface area contributed by atoms with Crippen molar-refractivity contribution in [2.45, 2.75) is 32.9 Å². The van der Waals surface area contributed by atoms with E-state index >= 15 is 0 Å². The van der Waals surface area contributed by atoms with E-state index in [1.54, 1.807) is 19.4 Å². The molecule has 0 saturated carbocycles. The van der Waals surface area contributed by atoms with Crippen molar-refractivity contribution >= 4 is 6.09 Å². The van der Waals surface area contributed by atoms with Gasteiger partial charge in [-0.2, -0.15) is 0 Å². The van der Waals surface area contributed by atoms with Crippen LogP contribution in [-0.4, -0.2) is 33.6 Å². The predicted octanol–water partition coefficient (Wildman–Crippen LogP) is 1.78. The molecule has 15 heavy (non-hydrogen) atoms. The average molecular weight is 211 g/mol. The molecule has 1 rings (SSSR count). The average Bonchev–Trinajstić information content (AvgIpc) is 2.53. The van der Waals surface area contributed by atoms with Crippen molar-refractivity contribution in [2.24, 2.45) is 0 Å². The van der Waals surface area contributed by atoms with Gasteiger partial charge in [0.2, 0.25) is 0 Å². The second-order valence-corrected chi connectivity index (χ2v) is 4.37. The van der Waals surface area contributed by atoms with Crippen molar-refractivity contribution in [1.82, 2.24) is 14.9 Å². The van der Waals surface area contributed by atoms with Gasteiger partial charge in [0.15, 0.2) is 0 Å². The fourth-order valence-corrected chi connectivity index (χ4v) is 1.01. The molecule has 5 nitrogen and oxygen atoms in total. The number of imidazole rings is 1. The Hall–Kier alpha value is -1.52. The van der Waals surface area contributed by atoms with Gasteiger partial charge in [-0.25, -0.2) is 9.78 Å². The SMILES string of the molecule is CN(Cc1ncc[nH]1)C(=O)OC(C)(C)C. The van der Waals surface area contributed by atoms with E-state index in [1.807, 2.05) is 20.8 Å². The van der Waals surface area contributed by atoms with E-state index in [0.29, 0.717) is 6.54 Å². The van der Waals surface area contributed by atoms with Gasteiger partial charge in [0.1, 0.15) is 11.4 Å². The normalized spacial score (nSPS) is 11.2. The van der Waals surface area contributed by atoms with Gasteiger partial charge in [-0.1, -0.05) is 0 Å². The zero-order valence-corrected chi connectivity index (χ0v) is 9.57. The van der Waals surface area contributed by atoms with Crippen molar-refractivity contribution in [3.05, 3.63) is 18.2 Å². The standard InChI is InChI=1S/C10H17N3O2/c1-10(2,3)15-9(14)13(4)7-8-11-5-6-12-8/h5-6H,7H2,1-4H3,(H,11,12). The zero-order chi connectivity index (χ0) is 11.5. The summed E-state index contributed by atoms with van der Waals surface area (Å²) in [7, 11) is 1.68. The smallest absolute Gasteiger partial charge is 0.410 e. The lowest BCUT2D eigenvalue weighted by Crippen LogP contribution is -2.34. The summed E-state index contributed by atoms with van der Waals surface area (Å²) in [5.74, 6) is 0.739. The Morgan fingerprint density at radius 1 is 1.60 bits per heavy atom. The van der Waals surface area contributed by atoms with Crippen molar-refractivity contribution < 1.29 is 9.53 Å². The molecule has 0 radical (unpaired) electrons. The van der Waals surface area contributed by atoms with E-state index in [9.17, 15) is 4.79 Å². The van der Waals surface area contributed by atoms with Gasteiger partial charge in [0, 0.05) is 19.4 Å². The molecule has 0 atom stereocenters. The van der Waals surface area contributed by atoms with Gasteiger partial charge in [0.25, 0.3) is 0 Å². The molecule has 0 saturated heterocycles. The van der Waals surface area contributed by atoms with Gasteiger partial charge < -0.3 is 14.6 Å². The molecule has 0 aliphatic heterocycles. The predicted molar refractivity (Wildman–Crippen MR) is 56.3 cm³/mol. The highest BCUT2D eigenvalue weighted by Crippen LogP contribution is 2.09. The minimum absolute atomic E-state index is 0.348. The first-order valence-corrected chi connectivity index (χ1v) is 4.81. The molecule has 1 aromatic heterocycles. The molecule has 5 heteroatoms. The maximum atomic E-state index is 11.5. The van der Waals surface area contributed by atoms with Crippen LogP contribution >= 0.6 is 0 Å². The maximum absolute atomic E-state index is 11.5. The third-order valence-electron chi connectivity index (χ3n) is 1.65. The first-order chi connectivity index (χ1) is 6.88. The van der Waals surface area contributed by atoms with Crippen LogP contribution in [0.2, 0.25) is 0 Å². The molecular weight excluding hydrogens is 194 g/mol. The lowest BCUT2D eigenvalue weighted by atomic mass is 10.2. The number of rotatable bonds is 2. The number of hydrogen-bond acceptors (Lipinski definition) is 3. The van der Waals surface area contributed by atoms with E-state index < -0.39 is 5.60 Å². The van der Waals surface area contributed by atoms with E-state index in [-0.39, 0.29) is 6.09 Å². The Balaban J connectivity index is 2.47. The van der Waals surface area contributed by atoms with Crippen molar-refractivity contribution in [2.75, 3.05) is 7.05 Å². The molecule has 0 unspecified atom stereocenters. The zero-order valence-electron chi connectivity index (χ0n) is 9.57. The van der Waals surface area contributed by atoms with Gasteiger partial charge in [-0.05, 0) is 20.8 Å². The summed E-state index contributed by atoms with van der Waals surface area (Å²) in [6.45, 7) is 5.94. The van der Waals surface area contributed by atoms with E-state index in [4.69, 9.17) is 4.74 Å². The molecule has 84 valence electrons. The minimum Gasteiger partial charge on any atom is -0.444 e. The quantitative estimate of drug-likeness (QED) is 0.811. The lowest BCUT2D eigenvalue weighted by Gasteiger charge is -2.24. The number of amides is 1. The van der Waals surface area contributed by atoms with Crippen molar-refractivity contribution in [3.63, 3.8) is 0 Å². The van der Waals surface area contributed by atoms with Crippen molar-refractivity contribution in [1.29, 1.82) is 0 Å². The van der Waals surface area contributed by atoms with Crippen LogP contribution in [0.1, 0.15) is 26.6 Å². The molecule has 0 fully saturated rings. The third-order valence-corrected chi connectivity index (χ3v) is 1.65. The summed E-state index contributed by atoms with van der Waals surface area (Å²) < 4.78 is 5.19. The van der Waals surface area contributed by atoms with Crippen LogP contribution in [-0.2, 0) is 11.3 Å². The largest absolute Gasteiger partial charge is 0.444 e. The Morgan fingerprint density at radius 2 is 2.27 bits per heavy atom.